The lowest BCUT2D eigenvalue weighted by Gasteiger charge is -2.37. The van der Waals surface area contributed by atoms with Crippen LogP contribution < -0.4 is 0 Å². The van der Waals surface area contributed by atoms with E-state index in [1.807, 2.05) is 13.8 Å². The van der Waals surface area contributed by atoms with Crippen LogP contribution in [0.15, 0.2) is 17.0 Å². The minimum Gasteiger partial charge on any atom is -0.207 e. The Labute approximate surface area is 129 Å². The molecule has 2 rings (SSSR count). The van der Waals surface area contributed by atoms with Gasteiger partial charge in [-0.2, -0.15) is 4.31 Å². The first-order valence-corrected chi connectivity index (χ1v) is 8.69. The van der Waals surface area contributed by atoms with Gasteiger partial charge in [-0.1, -0.05) is 13.8 Å². The van der Waals surface area contributed by atoms with Crippen LogP contribution >= 0.6 is 11.6 Å². The van der Waals surface area contributed by atoms with Gasteiger partial charge in [-0.05, 0) is 36.0 Å². The molecule has 3 nitrogen and oxygen atoms in total. The molecule has 0 unspecified atom stereocenters. The summed E-state index contributed by atoms with van der Waals surface area (Å²) in [6.07, 6.45) is 1.60. The van der Waals surface area contributed by atoms with Crippen molar-refractivity contribution < 1.29 is 17.2 Å². The number of nitrogens with zero attached hydrogens (tertiary/aromatic N) is 1. The van der Waals surface area contributed by atoms with E-state index in [0.717, 1.165) is 18.6 Å². The van der Waals surface area contributed by atoms with Gasteiger partial charge >= 0.3 is 0 Å². The molecular weight excluding hydrogens is 320 g/mol. The van der Waals surface area contributed by atoms with Gasteiger partial charge in [0.2, 0.25) is 10.0 Å². The van der Waals surface area contributed by atoms with Gasteiger partial charge in [-0.3, -0.25) is 0 Å². The molecule has 0 saturated carbocycles. The summed E-state index contributed by atoms with van der Waals surface area (Å²) in [6, 6.07) is 2.03. The minimum absolute atomic E-state index is 0.0782. The number of alkyl halides is 1. The standard InChI is InChI=1S/C14H18ClF2NO2S/c1-14(2)4-3-5-18(9-14)21(19,20)12-7-10(8-15)6-11(16)13(12)17/h6-7H,3-5,8-9H2,1-2H3. The number of halogens is 3. The van der Waals surface area contributed by atoms with Gasteiger partial charge in [-0.25, -0.2) is 17.2 Å². The second-order valence-corrected chi connectivity index (χ2v) is 8.30. The molecule has 118 valence electrons. The zero-order valence-corrected chi connectivity index (χ0v) is 13.6. The summed E-state index contributed by atoms with van der Waals surface area (Å²) in [5.74, 6) is -2.61. The first-order chi connectivity index (χ1) is 9.67. The van der Waals surface area contributed by atoms with Crippen LogP contribution in [0.5, 0.6) is 0 Å². The molecule has 1 aliphatic heterocycles. The monoisotopic (exact) mass is 337 g/mol. The molecule has 1 aromatic carbocycles. The van der Waals surface area contributed by atoms with Crippen LogP contribution in [0.25, 0.3) is 0 Å². The Hall–Kier alpha value is -0.720. The van der Waals surface area contributed by atoms with Crippen molar-refractivity contribution in [3.8, 4) is 0 Å². The van der Waals surface area contributed by atoms with Crippen LogP contribution in [-0.2, 0) is 15.9 Å². The fourth-order valence-corrected chi connectivity index (χ4v) is 4.54. The SMILES string of the molecule is CC1(C)CCCN(S(=O)(=O)c2cc(CCl)cc(F)c2F)C1. The molecular formula is C14H18ClF2NO2S. The first kappa shape index (κ1) is 16.6. The molecule has 1 saturated heterocycles. The van der Waals surface area contributed by atoms with Crippen molar-refractivity contribution in [1.82, 2.24) is 4.31 Å². The van der Waals surface area contributed by atoms with E-state index in [9.17, 15) is 17.2 Å². The fraction of sp³-hybridized carbons (Fsp3) is 0.571. The Morgan fingerprint density at radius 2 is 2.00 bits per heavy atom. The van der Waals surface area contributed by atoms with Crippen molar-refractivity contribution in [3.05, 3.63) is 29.3 Å². The zero-order chi connectivity index (χ0) is 15.8. The average Bonchev–Trinajstić information content (AvgIpc) is 2.40. The number of hydrogen-bond donors (Lipinski definition) is 0. The summed E-state index contributed by atoms with van der Waals surface area (Å²) in [5.41, 5.74) is 0.0650. The minimum atomic E-state index is -4.06. The molecule has 0 atom stereocenters. The quantitative estimate of drug-likeness (QED) is 0.791. The summed E-state index contributed by atoms with van der Waals surface area (Å²) in [6.45, 7) is 4.53. The maximum Gasteiger partial charge on any atom is 0.246 e. The van der Waals surface area contributed by atoms with Gasteiger partial charge in [0.05, 0.1) is 0 Å². The topological polar surface area (TPSA) is 37.4 Å². The van der Waals surface area contributed by atoms with Gasteiger partial charge in [0.1, 0.15) is 4.90 Å². The van der Waals surface area contributed by atoms with E-state index in [2.05, 4.69) is 0 Å². The van der Waals surface area contributed by atoms with Crippen LogP contribution in [0.4, 0.5) is 8.78 Å². The van der Waals surface area contributed by atoms with Gasteiger partial charge in [0.15, 0.2) is 11.6 Å². The Morgan fingerprint density at radius 1 is 1.33 bits per heavy atom. The normalized spacial score (nSPS) is 19.7. The predicted molar refractivity (Wildman–Crippen MR) is 77.7 cm³/mol. The largest absolute Gasteiger partial charge is 0.246 e. The number of rotatable bonds is 3. The maximum absolute atomic E-state index is 13.9. The second kappa shape index (κ2) is 5.82. The Bertz CT molecular complexity index is 647. The number of benzene rings is 1. The van der Waals surface area contributed by atoms with E-state index in [4.69, 9.17) is 11.6 Å². The van der Waals surface area contributed by atoms with Crippen LogP contribution in [-0.4, -0.2) is 25.8 Å². The van der Waals surface area contributed by atoms with Crippen LogP contribution in [0.2, 0.25) is 0 Å². The molecule has 0 spiro atoms. The van der Waals surface area contributed by atoms with Gasteiger partial charge in [-0.15, -0.1) is 11.6 Å². The molecule has 0 N–H and O–H groups in total. The van der Waals surface area contributed by atoms with Crippen LogP contribution in [0.3, 0.4) is 0 Å². The van der Waals surface area contributed by atoms with Crippen molar-refractivity contribution in [2.75, 3.05) is 13.1 Å². The predicted octanol–water partition coefficient (Wildman–Crippen LogP) is 3.51. The van der Waals surface area contributed by atoms with Crippen molar-refractivity contribution in [2.45, 2.75) is 37.5 Å². The highest BCUT2D eigenvalue weighted by atomic mass is 35.5. The highest BCUT2D eigenvalue weighted by Crippen LogP contribution is 2.33. The van der Waals surface area contributed by atoms with E-state index in [1.165, 1.54) is 4.31 Å². The fourth-order valence-electron chi connectivity index (χ4n) is 2.60. The Morgan fingerprint density at radius 3 is 2.57 bits per heavy atom. The van der Waals surface area contributed by atoms with E-state index in [0.29, 0.717) is 19.5 Å². The molecule has 1 aromatic rings. The van der Waals surface area contributed by atoms with Crippen LogP contribution in [0, 0.1) is 17.0 Å². The molecule has 0 aliphatic carbocycles. The van der Waals surface area contributed by atoms with Gasteiger partial charge in [0.25, 0.3) is 0 Å². The molecule has 21 heavy (non-hydrogen) atoms. The van der Waals surface area contributed by atoms with Crippen molar-refractivity contribution in [3.63, 3.8) is 0 Å². The van der Waals surface area contributed by atoms with Crippen LogP contribution in [0.1, 0.15) is 32.3 Å². The van der Waals surface area contributed by atoms with Crippen molar-refractivity contribution in [2.24, 2.45) is 5.41 Å². The summed E-state index contributed by atoms with van der Waals surface area (Å²) in [7, 11) is -4.06. The third-order valence-electron chi connectivity index (χ3n) is 3.69. The van der Waals surface area contributed by atoms with Gasteiger partial charge < -0.3 is 0 Å². The molecule has 1 fully saturated rings. The third-order valence-corrected chi connectivity index (χ3v) is 5.85. The lowest BCUT2D eigenvalue weighted by molar-refractivity contribution is 0.186. The third kappa shape index (κ3) is 3.38. The molecule has 1 heterocycles. The summed E-state index contributed by atoms with van der Waals surface area (Å²) >= 11 is 5.61. The van der Waals surface area contributed by atoms with E-state index in [1.54, 1.807) is 0 Å². The number of piperidine rings is 1. The molecule has 7 heteroatoms. The zero-order valence-electron chi connectivity index (χ0n) is 12.0. The molecule has 0 bridgehead atoms. The molecule has 1 aliphatic rings. The highest BCUT2D eigenvalue weighted by molar-refractivity contribution is 7.89. The molecule has 0 radical (unpaired) electrons. The van der Waals surface area contributed by atoms with Crippen molar-refractivity contribution >= 4 is 21.6 Å². The van der Waals surface area contributed by atoms with E-state index < -0.39 is 26.6 Å². The second-order valence-electron chi connectivity index (χ2n) is 6.13. The summed E-state index contributed by atoms with van der Waals surface area (Å²) in [5, 5.41) is 0. The van der Waals surface area contributed by atoms with Crippen molar-refractivity contribution in [1.29, 1.82) is 0 Å². The molecule has 0 amide bonds. The van der Waals surface area contributed by atoms with E-state index in [-0.39, 0.29) is 16.9 Å². The summed E-state index contributed by atoms with van der Waals surface area (Å²) < 4.78 is 53.9. The lowest BCUT2D eigenvalue weighted by atomic mass is 9.85. The average molecular weight is 338 g/mol. The van der Waals surface area contributed by atoms with E-state index >= 15 is 0 Å². The smallest absolute Gasteiger partial charge is 0.207 e. The summed E-state index contributed by atoms with van der Waals surface area (Å²) in [4.78, 5) is -0.629. The Balaban J connectivity index is 2.47. The highest BCUT2D eigenvalue weighted by Gasteiger charge is 2.36. The molecule has 0 aromatic heterocycles. The number of hydrogen-bond acceptors (Lipinski definition) is 2. The van der Waals surface area contributed by atoms with Gasteiger partial charge in [0, 0.05) is 19.0 Å². The number of sulfonamides is 1. The first-order valence-electron chi connectivity index (χ1n) is 6.71. The lowest BCUT2D eigenvalue weighted by Crippen LogP contribution is -2.43. The maximum atomic E-state index is 13.9. The Kier molecular flexibility index (Phi) is 4.61.